The van der Waals surface area contributed by atoms with Crippen LogP contribution < -0.4 is 10.6 Å². The minimum absolute atomic E-state index is 0.331. The number of nitrogens with zero attached hydrogens (tertiary/aromatic N) is 4. The molecule has 0 bridgehead atoms. The number of aromatic nitrogens is 4. The van der Waals surface area contributed by atoms with E-state index in [9.17, 15) is 15.0 Å². The van der Waals surface area contributed by atoms with Crippen LogP contribution in [0, 0.1) is 3.57 Å². The fraction of sp³-hybridized carbons (Fsp3) is 0.333. The van der Waals surface area contributed by atoms with Gasteiger partial charge < -0.3 is 20.8 Å². The average Bonchev–Trinajstić information content (AvgIpc) is 3.28. The second-order valence-corrected chi connectivity index (χ2v) is 9.08. The molecule has 0 aliphatic carbocycles. The minimum atomic E-state index is -1.18. The van der Waals surface area contributed by atoms with Crippen LogP contribution >= 0.6 is 34.4 Å². The van der Waals surface area contributed by atoms with E-state index in [1.54, 1.807) is 10.9 Å². The van der Waals surface area contributed by atoms with Crippen molar-refractivity contribution in [3.8, 4) is 0 Å². The van der Waals surface area contributed by atoms with E-state index < -0.39 is 22.8 Å². The fourth-order valence-electron chi connectivity index (χ4n) is 3.25. The Morgan fingerprint density at radius 2 is 2.10 bits per heavy atom. The summed E-state index contributed by atoms with van der Waals surface area (Å²) in [6.07, 6.45) is 0.673. The van der Waals surface area contributed by atoms with Gasteiger partial charge in [0, 0.05) is 17.2 Å². The van der Waals surface area contributed by atoms with E-state index in [1.165, 1.54) is 25.1 Å². The fourth-order valence-corrected chi connectivity index (χ4v) is 5.33. The van der Waals surface area contributed by atoms with Crippen LogP contribution in [0.1, 0.15) is 10.9 Å². The van der Waals surface area contributed by atoms with Gasteiger partial charge in [-0.15, -0.1) is 11.8 Å². The number of hydrogen-bond donors (Lipinski definition) is 4. The van der Waals surface area contributed by atoms with E-state index >= 15 is 0 Å². The van der Waals surface area contributed by atoms with Gasteiger partial charge in [0.05, 0.1) is 6.33 Å². The highest BCUT2D eigenvalue weighted by Crippen LogP contribution is 2.43. The zero-order valence-corrected chi connectivity index (χ0v) is 18.3. The molecule has 3 aromatic rings. The monoisotopic (exact) mass is 526 g/mol. The van der Waals surface area contributed by atoms with Gasteiger partial charge in [0.2, 0.25) is 5.91 Å². The van der Waals surface area contributed by atoms with Gasteiger partial charge in [0.25, 0.3) is 0 Å². The molecule has 4 atom stereocenters. The number of fused-ring (bicyclic) bond motifs is 1. The summed E-state index contributed by atoms with van der Waals surface area (Å²) in [5.74, 6) is 0.247. The summed E-state index contributed by atoms with van der Waals surface area (Å²) < 4.78 is 2.82. The van der Waals surface area contributed by atoms with Crippen molar-refractivity contribution >= 4 is 57.2 Å². The van der Waals surface area contributed by atoms with E-state index in [4.69, 9.17) is 0 Å². The number of halogens is 1. The first-order chi connectivity index (χ1) is 14.0. The molecule has 3 heterocycles. The smallest absolute Gasteiger partial charge is 0.235 e. The Balaban J connectivity index is 1.60. The quantitative estimate of drug-likeness (QED) is 0.365. The molecule has 1 unspecified atom stereocenters. The normalized spacial score (nSPS) is 24.0. The predicted molar refractivity (Wildman–Crippen MR) is 118 cm³/mol. The average molecular weight is 526 g/mol. The number of benzene rings is 1. The van der Waals surface area contributed by atoms with Crippen molar-refractivity contribution in [2.45, 2.75) is 29.4 Å². The summed E-state index contributed by atoms with van der Waals surface area (Å²) in [4.78, 5) is 25.0. The maximum absolute atomic E-state index is 12.0. The molecule has 1 fully saturated rings. The summed E-state index contributed by atoms with van der Waals surface area (Å²) in [7, 11) is 1.50. The third kappa shape index (κ3) is 3.91. The number of anilines is 1. The highest BCUT2D eigenvalue weighted by molar-refractivity contribution is 14.1. The number of aliphatic hydroxyl groups excluding tert-OH is 2. The molecular formula is C18H19IN6O3S. The van der Waals surface area contributed by atoms with Crippen molar-refractivity contribution in [2.75, 3.05) is 12.4 Å². The van der Waals surface area contributed by atoms with Gasteiger partial charge in [-0.1, -0.05) is 12.1 Å². The molecule has 4 rings (SSSR count). The first-order valence-electron chi connectivity index (χ1n) is 8.88. The molecule has 152 valence electrons. The van der Waals surface area contributed by atoms with Crippen LogP contribution in [-0.2, 0) is 11.3 Å². The molecule has 29 heavy (non-hydrogen) atoms. The minimum Gasteiger partial charge on any atom is -0.389 e. The highest BCUT2D eigenvalue weighted by atomic mass is 127. The second-order valence-electron chi connectivity index (χ2n) is 6.57. The van der Waals surface area contributed by atoms with Gasteiger partial charge in [0.1, 0.15) is 34.7 Å². The lowest BCUT2D eigenvalue weighted by molar-refractivity contribution is -0.122. The first kappa shape index (κ1) is 20.3. The van der Waals surface area contributed by atoms with Crippen molar-refractivity contribution in [1.29, 1.82) is 0 Å². The molecule has 1 aromatic carbocycles. The Morgan fingerprint density at radius 1 is 1.28 bits per heavy atom. The Labute approximate surface area is 184 Å². The first-order valence-corrected chi connectivity index (χ1v) is 10.9. The van der Waals surface area contributed by atoms with Crippen molar-refractivity contribution in [2.24, 2.45) is 0 Å². The van der Waals surface area contributed by atoms with Crippen LogP contribution in [0.3, 0.4) is 0 Å². The lowest BCUT2D eigenvalue weighted by Crippen LogP contribution is -2.39. The Hall–Kier alpha value is -1.96. The predicted octanol–water partition coefficient (Wildman–Crippen LogP) is 1.12. The Bertz CT molecular complexity index is 1050. The molecule has 1 aliphatic heterocycles. The maximum Gasteiger partial charge on any atom is 0.235 e. The topological polar surface area (TPSA) is 125 Å². The number of hydrogen-bond acceptors (Lipinski definition) is 8. The van der Waals surface area contributed by atoms with Gasteiger partial charge in [-0.25, -0.2) is 15.0 Å². The number of carbonyl (C=O) groups excluding carboxylic acids is 1. The Morgan fingerprint density at radius 3 is 2.86 bits per heavy atom. The van der Waals surface area contributed by atoms with Crippen LogP contribution in [0.15, 0.2) is 36.9 Å². The van der Waals surface area contributed by atoms with E-state index in [1.807, 2.05) is 18.2 Å². The van der Waals surface area contributed by atoms with Gasteiger partial charge in [-0.05, 0) is 40.3 Å². The summed E-state index contributed by atoms with van der Waals surface area (Å²) in [6.45, 7) is 0.577. The van der Waals surface area contributed by atoms with E-state index in [0.29, 0.717) is 23.5 Å². The summed E-state index contributed by atoms with van der Waals surface area (Å²) in [5, 5.41) is 25.2. The van der Waals surface area contributed by atoms with E-state index in [2.05, 4.69) is 54.2 Å². The van der Waals surface area contributed by atoms with Crippen molar-refractivity contribution in [3.05, 3.63) is 46.1 Å². The molecule has 0 saturated carbocycles. The van der Waals surface area contributed by atoms with Gasteiger partial charge >= 0.3 is 0 Å². The van der Waals surface area contributed by atoms with E-state index in [-0.39, 0.29) is 5.91 Å². The largest absolute Gasteiger partial charge is 0.389 e. The molecule has 0 radical (unpaired) electrons. The van der Waals surface area contributed by atoms with Crippen LogP contribution in [0.2, 0.25) is 0 Å². The molecule has 2 aromatic heterocycles. The van der Waals surface area contributed by atoms with Gasteiger partial charge in [-0.3, -0.25) is 9.36 Å². The highest BCUT2D eigenvalue weighted by Gasteiger charge is 2.47. The van der Waals surface area contributed by atoms with Crippen LogP contribution in [0.4, 0.5) is 5.82 Å². The van der Waals surface area contributed by atoms with Gasteiger partial charge in [0.15, 0.2) is 11.5 Å². The third-order valence-electron chi connectivity index (χ3n) is 4.73. The lowest BCUT2D eigenvalue weighted by Gasteiger charge is -2.17. The number of amides is 1. The molecule has 1 aliphatic rings. The zero-order chi connectivity index (χ0) is 20.5. The number of aliphatic hydroxyl groups is 2. The number of thioether (sulfide) groups is 1. The third-order valence-corrected chi connectivity index (χ3v) is 6.97. The lowest BCUT2D eigenvalue weighted by atomic mass is 10.1. The number of rotatable bonds is 5. The zero-order valence-electron chi connectivity index (χ0n) is 15.4. The molecule has 4 N–H and O–H groups in total. The molecule has 11 heteroatoms. The van der Waals surface area contributed by atoms with Crippen molar-refractivity contribution in [3.63, 3.8) is 0 Å². The summed E-state index contributed by atoms with van der Waals surface area (Å²) in [5.41, 5.74) is 2.19. The molecule has 0 spiro atoms. The van der Waals surface area contributed by atoms with Crippen molar-refractivity contribution in [1.82, 2.24) is 24.8 Å². The molecule has 9 nitrogen and oxygen atoms in total. The summed E-state index contributed by atoms with van der Waals surface area (Å²) in [6, 6.07) is 8.13. The van der Waals surface area contributed by atoms with Crippen molar-refractivity contribution < 1.29 is 15.0 Å². The van der Waals surface area contributed by atoms with Crippen LogP contribution in [-0.4, -0.2) is 60.1 Å². The van der Waals surface area contributed by atoms with Crippen LogP contribution in [0.5, 0.6) is 0 Å². The van der Waals surface area contributed by atoms with Crippen LogP contribution in [0.25, 0.3) is 11.2 Å². The SMILES string of the molecule is CNC(=O)[C@H]1S[C@@H](n2cnc3c(NCc4cccc(I)c4)ncnc32)[C@@H](O)C1O. The number of nitrogens with one attached hydrogen (secondary N) is 2. The summed E-state index contributed by atoms with van der Waals surface area (Å²) >= 11 is 3.45. The molecule has 1 amide bonds. The van der Waals surface area contributed by atoms with Gasteiger partial charge in [-0.2, -0.15) is 0 Å². The van der Waals surface area contributed by atoms with E-state index in [0.717, 1.165) is 9.13 Å². The number of carbonyl (C=O) groups is 1. The second kappa shape index (κ2) is 8.42. The maximum atomic E-state index is 12.0. The molecular weight excluding hydrogens is 507 g/mol. The molecule has 1 saturated heterocycles. The Kier molecular flexibility index (Phi) is 5.90. The number of imidazole rings is 1. The standard InChI is InChI=1S/C18H19IN6O3S/c1-20-17(28)14-12(26)13(27)18(29-14)25-8-24-11-15(22-7-23-16(11)25)21-6-9-3-2-4-10(19)5-9/h2-5,7-8,12-14,18,26-27H,6H2,1H3,(H,20,28)(H,21,22,23)/t12?,13-,14-,18+/m0/s1.